The fraction of sp³-hybridized carbons (Fsp3) is 0.400. The molecule has 0 atom stereocenters. The first-order chi connectivity index (χ1) is 16.2. The van der Waals surface area contributed by atoms with E-state index >= 15 is 0 Å². The Labute approximate surface area is 192 Å². The molecular formula is C25H27N5O3. The Bertz CT molecular complexity index is 1240. The highest BCUT2D eigenvalue weighted by Crippen LogP contribution is 2.29. The smallest absolute Gasteiger partial charge is 0.248 e. The van der Waals surface area contributed by atoms with Crippen LogP contribution in [-0.4, -0.2) is 53.8 Å². The van der Waals surface area contributed by atoms with Crippen molar-refractivity contribution in [3.63, 3.8) is 0 Å². The minimum Gasteiger partial charge on any atom is -0.486 e. The van der Waals surface area contributed by atoms with E-state index in [0.717, 1.165) is 72.6 Å². The molecule has 0 saturated carbocycles. The first-order valence-corrected chi connectivity index (χ1v) is 11.4. The number of nitrogens with zero attached hydrogens (tertiary/aromatic N) is 3. The van der Waals surface area contributed by atoms with E-state index in [1.165, 1.54) is 0 Å². The zero-order chi connectivity index (χ0) is 22.6. The molecule has 8 heteroatoms. The molecule has 5 rings (SSSR count). The maximum absolute atomic E-state index is 11.7. The van der Waals surface area contributed by atoms with Crippen molar-refractivity contribution in [3.8, 4) is 17.6 Å². The van der Waals surface area contributed by atoms with Gasteiger partial charge in [-0.05, 0) is 56.1 Å². The summed E-state index contributed by atoms with van der Waals surface area (Å²) in [6.07, 6.45) is 4.75. The number of hydrogen-bond donors (Lipinski definition) is 2. The molecule has 0 radical (unpaired) electrons. The summed E-state index contributed by atoms with van der Waals surface area (Å²) in [6.45, 7) is 4.85. The molecule has 1 saturated heterocycles. The van der Waals surface area contributed by atoms with Crippen LogP contribution in [0.1, 0.15) is 29.7 Å². The summed E-state index contributed by atoms with van der Waals surface area (Å²) in [5.41, 5.74) is 3.22. The van der Waals surface area contributed by atoms with Crippen LogP contribution in [0.4, 0.5) is 0 Å². The van der Waals surface area contributed by atoms with Crippen LogP contribution in [0, 0.1) is 11.3 Å². The van der Waals surface area contributed by atoms with E-state index in [2.05, 4.69) is 26.3 Å². The van der Waals surface area contributed by atoms with Crippen molar-refractivity contribution in [1.29, 1.82) is 5.26 Å². The van der Waals surface area contributed by atoms with Crippen LogP contribution in [0.2, 0.25) is 0 Å². The fourth-order valence-corrected chi connectivity index (χ4v) is 4.59. The molecule has 170 valence electrons. The quantitative estimate of drug-likeness (QED) is 0.600. The number of aromatic amines is 1. The van der Waals surface area contributed by atoms with Gasteiger partial charge in [0.2, 0.25) is 5.56 Å². The molecule has 3 aromatic rings. The number of nitrogens with one attached hydrogen (secondary N) is 2. The van der Waals surface area contributed by atoms with E-state index in [4.69, 9.17) is 9.47 Å². The topological polar surface area (TPSA) is 103 Å². The number of fused-ring (bicyclic) bond motifs is 2. The summed E-state index contributed by atoms with van der Waals surface area (Å²) in [6, 6.07) is 11.7. The van der Waals surface area contributed by atoms with E-state index in [-0.39, 0.29) is 5.56 Å². The number of hydrogen-bond acceptors (Lipinski definition) is 7. The Morgan fingerprint density at radius 1 is 1.15 bits per heavy atom. The van der Waals surface area contributed by atoms with Crippen molar-refractivity contribution in [1.82, 2.24) is 20.2 Å². The second kappa shape index (κ2) is 9.61. The van der Waals surface area contributed by atoms with Crippen LogP contribution in [-0.2, 0) is 13.0 Å². The SMILES string of the molecule is N#Cc1cc(CCN2CCC(NCc3cc4c(cn3)OCCO4)CC2)c2ccc(=O)[nH]c2c1. The van der Waals surface area contributed by atoms with Crippen molar-refractivity contribution in [2.24, 2.45) is 0 Å². The number of ether oxygens (including phenoxy) is 2. The normalized spacial score (nSPS) is 16.6. The predicted octanol–water partition coefficient (Wildman–Crippen LogP) is 2.36. The number of piperidine rings is 1. The lowest BCUT2D eigenvalue weighted by Gasteiger charge is -2.32. The maximum atomic E-state index is 11.7. The summed E-state index contributed by atoms with van der Waals surface area (Å²) in [5, 5.41) is 14.0. The van der Waals surface area contributed by atoms with Crippen LogP contribution in [0.5, 0.6) is 11.5 Å². The number of benzene rings is 1. The number of rotatable bonds is 6. The van der Waals surface area contributed by atoms with E-state index in [9.17, 15) is 10.1 Å². The molecule has 33 heavy (non-hydrogen) atoms. The summed E-state index contributed by atoms with van der Waals surface area (Å²) < 4.78 is 11.2. The number of nitriles is 1. The Hall–Kier alpha value is -3.41. The Morgan fingerprint density at radius 2 is 1.97 bits per heavy atom. The number of H-pyrrole nitrogens is 1. The summed E-state index contributed by atoms with van der Waals surface area (Å²) in [5.74, 6) is 1.50. The van der Waals surface area contributed by atoms with E-state index in [1.54, 1.807) is 18.3 Å². The molecule has 1 fully saturated rings. The number of pyridine rings is 2. The molecule has 0 amide bonds. The minimum atomic E-state index is -0.149. The van der Waals surface area contributed by atoms with Crippen LogP contribution in [0.3, 0.4) is 0 Å². The van der Waals surface area contributed by atoms with Gasteiger partial charge in [-0.1, -0.05) is 0 Å². The highest BCUT2D eigenvalue weighted by Gasteiger charge is 2.20. The van der Waals surface area contributed by atoms with Gasteiger partial charge in [0.15, 0.2) is 11.5 Å². The molecule has 0 unspecified atom stereocenters. The predicted molar refractivity (Wildman–Crippen MR) is 125 cm³/mol. The van der Waals surface area contributed by atoms with Gasteiger partial charge in [-0.2, -0.15) is 5.26 Å². The lowest BCUT2D eigenvalue weighted by atomic mass is 10.0. The molecular weight excluding hydrogens is 418 g/mol. The van der Waals surface area contributed by atoms with E-state index in [1.807, 2.05) is 18.2 Å². The van der Waals surface area contributed by atoms with Gasteiger partial charge in [0.05, 0.1) is 23.5 Å². The zero-order valence-electron chi connectivity index (χ0n) is 18.5. The van der Waals surface area contributed by atoms with Crippen molar-refractivity contribution in [2.75, 3.05) is 32.8 Å². The van der Waals surface area contributed by atoms with Gasteiger partial charge < -0.3 is 24.7 Å². The van der Waals surface area contributed by atoms with Gasteiger partial charge in [0.25, 0.3) is 0 Å². The molecule has 8 nitrogen and oxygen atoms in total. The lowest BCUT2D eigenvalue weighted by Crippen LogP contribution is -2.43. The highest BCUT2D eigenvalue weighted by molar-refractivity contribution is 5.83. The minimum absolute atomic E-state index is 0.149. The Kier molecular flexibility index (Phi) is 6.24. The second-order valence-electron chi connectivity index (χ2n) is 8.60. The van der Waals surface area contributed by atoms with E-state index in [0.29, 0.717) is 31.4 Å². The van der Waals surface area contributed by atoms with Gasteiger partial charge in [-0.25, -0.2) is 0 Å². The van der Waals surface area contributed by atoms with Gasteiger partial charge >= 0.3 is 0 Å². The van der Waals surface area contributed by atoms with Crippen LogP contribution in [0.15, 0.2) is 41.3 Å². The van der Waals surface area contributed by atoms with Gasteiger partial charge in [-0.15, -0.1) is 0 Å². The van der Waals surface area contributed by atoms with Gasteiger partial charge in [-0.3, -0.25) is 9.78 Å². The third kappa shape index (κ3) is 5.00. The molecule has 0 bridgehead atoms. The Balaban J connectivity index is 1.13. The number of aromatic nitrogens is 2. The third-order valence-electron chi connectivity index (χ3n) is 6.40. The molecule has 2 aliphatic rings. The monoisotopic (exact) mass is 445 g/mol. The lowest BCUT2D eigenvalue weighted by molar-refractivity contribution is 0.170. The van der Waals surface area contributed by atoms with Gasteiger partial charge in [0.1, 0.15) is 13.2 Å². The third-order valence-corrected chi connectivity index (χ3v) is 6.40. The molecule has 4 heterocycles. The zero-order valence-corrected chi connectivity index (χ0v) is 18.5. The molecule has 0 spiro atoms. The summed E-state index contributed by atoms with van der Waals surface area (Å²) >= 11 is 0. The van der Waals surface area contributed by atoms with Gasteiger partial charge in [0, 0.05) is 42.2 Å². The molecule has 2 aliphatic heterocycles. The van der Waals surface area contributed by atoms with Crippen molar-refractivity contribution < 1.29 is 9.47 Å². The fourth-order valence-electron chi connectivity index (χ4n) is 4.59. The highest BCUT2D eigenvalue weighted by atomic mass is 16.6. The van der Waals surface area contributed by atoms with E-state index < -0.39 is 0 Å². The van der Waals surface area contributed by atoms with Crippen LogP contribution < -0.4 is 20.3 Å². The van der Waals surface area contributed by atoms with Crippen molar-refractivity contribution in [3.05, 3.63) is 63.7 Å². The maximum Gasteiger partial charge on any atom is 0.248 e. The molecule has 2 aromatic heterocycles. The van der Waals surface area contributed by atoms with Crippen molar-refractivity contribution >= 4 is 10.9 Å². The molecule has 1 aromatic carbocycles. The average Bonchev–Trinajstić information content (AvgIpc) is 2.86. The molecule has 2 N–H and O–H groups in total. The summed E-state index contributed by atoms with van der Waals surface area (Å²) in [4.78, 5) is 21.5. The first kappa shape index (κ1) is 21.4. The second-order valence-corrected chi connectivity index (χ2v) is 8.60. The summed E-state index contributed by atoms with van der Waals surface area (Å²) in [7, 11) is 0. The van der Waals surface area contributed by atoms with Crippen LogP contribution >= 0.6 is 0 Å². The Morgan fingerprint density at radius 3 is 2.79 bits per heavy atom. The standard InChI is InChI=1S/C25H27N5O3/c26-14-17-11-18(21-1-2-25(31)29-22(21)12-17)3-6-30-7-4-19(5-8-30)27-15-20-13-23-24(16-28-20)33-10-9-32-23/h1-2,11-13,16,19,27H,3-10,15H2,(H,29,31). The van der Waals surface area contributed by atoms with Crippen molar-refractivity contribution in [2.45, 2.75) is 31.8 Å². The molecule has 0 aliphatic carbocycles. The first-order valence-electron chi connectivity index (χ1n) is 11.4. The van der Waals surface area contributed by atoms with Crippen LogP contribution in [0.25, 0.3) is 10.9 Å². The number of likely N-dealkylation sites (tertiary alicyclic amines) is 1. The average molecular weight is 446 g/mol. The largest absolute Gasteiger partial charge is 0.486 e.